The zero-order chi connectivity index (χ0) is 40.3. The zero-order valence-corrected chi connectivity index (χ0v) is 33.0. The van der Waals surface area contributed by atoms with Crippen LogP contribution in [0.15, 0.2) is 114 Å². The van der Waals surface area contributed by atoms with Gasteiger partial charge in [-0.05, 0) is 81.8 Å². The van der Waals surface area contributed by atoms with Gasteiger partial charge in [0.2, 0.25) is 5.91 Å². The van der Waals surface area contributed by atoms with Gasteiger partial charge in [0.1, 0.15) is 12.6 Å². The molecule has 5 aromatic rings. The van der Waals surface area contributed by atoms with E-state index in [4.69, 9.17) is 33.7 Å². The molecule has 0 bridgehead atoms. The van der Waals surface area contributed by atoms with Crippen LogP contribution in [0.1, 0.15) is 52.2 Å². The van der Waals surface area contributed by atoms with Crippen molar-refractivity contribution in [3.8, 4) is 11.1 Å². The van der Waals surface area contributed by atoms with Gasteiger partial charge in [-0.1, -0.05) is 102 Å². The SMILES string of the molecule is CN=C(N)NCCCC(NC(=O)OCC1c2ccccc2-c2ccccc21)C(=O)N(CCC(=O)CNC(=O)c1ccc2ccccc2c1)Cc1cc(Cl)cc(Cl)c1. The minimum Gasteiger partial charge on any atom is -0.449 e. The number of halogens is 2. The van der Waals surface area contributed by atoms with Gasteiger partial charge in [0.15, 0.2) is 11.7 Å². The first-order valence-electron chi connectivity index (χ1n) is 18.7. The van der Waals surface area contributed by atoms with Crippen LogP contribution in [-0.4, -0.2) is 73.9 Å². The third kappa shape index (κ3) is 10.7. The first-order valence-corrected chi connectivity index (χ1v) is 19.4. The molecule has 11 nitrogen and oxygen atoms in total. The maximum atomic E-state index is 14.4. The summed E-state index contributed by atoms with van der Waals surface area (Å²) in [4.78, 5) is 59.5. The van der Waals surface area contributed by atoms with Crippen LogP contribution in [-0.2, 0) is 20.9 Å². The molecule has 5 aromatic carbocycles. The van der Waals surface area contributed by atoms with E-state index in [9.17, 15) is 19.2 Å². The summed E-state index contributed by atoms with van der Waals surface area (Å²) in [6, 6.07) is 33.0. The number of guanidine groups is 1. The van der Waals surface area contributed by atoms with Gasteiger partial charge < -0.3 is 31.3 Å². The van der Waals surface area contributed by atoms with Crippen molar-refractivity contribution >= 4 is 63.6 Å². The number of carbonyl (C=O) groups is 4. The standard InChI is InChI=1S/C44H44Cl2N6O5/c1-48-43(47)49-19-8-15-40(51-44(56)57-27-39-37-13-6-4-11-35(37)36-12-5-7-14-38(36)39)42(55)52(26-28-21-32(45)24-33(46)22-28)20-18-34(53)25-50-41(54)31-17-16-29-9-2-3-10-30(29)23-31/h2-7,9-14,16-17,21-24,39-40H,8,15,18-20,25-27H2,1H3,(H,50,54)(H,51,56)(H3,47,48,49). The van der Waals surface area contributed by atoms with Crippen LogP contribution in [0.5, 0.6) is 0 Å². The second kappa shape index (κ2) is 19.3. The lowest BCUT2D eigenvalue weighted by molar-refractivity contribution is -0.134. The molecule has 0 saturated heterocycles. The summed E-state index contributed by atoms with van der Waals surface area (Å²) in [5.74, 6) is -1.04. The third-order valence-electron chi connectivity index (χ3n) is 9.88. The van der Waals surface area contributed by atoms with E-state index in [0.29, 0.717) is 34.1 Å². The van der Waals surface area contributed by atoms with Gasteiger partial charge in [0.25, 0.3) is 5.91 Å². The zero-order valence-electron chi connectivity index (χ0n) is 31.5. The number of amides is 3. The van der Waals surface area contributed by atoms with E-state index < -0.39 is 18.0 Å². The van der Waals surface area contributed by atoms with Gasteiger partial charge in [-0.25, -0.2) is 4.79 Å². The van der Waals surface area contributed by atoms with Crippen molar-refractivity contribution in [1.82, 2.24) is 20.9 Å². The number of carbonyl (C=O) groups excluding carboxylic acids is 4. The van der Waals surface area contributed by atoms with Crippen molar-refractivity contribution in [3.63, 3.8) is 0 Å². The van der Waals surface area contributed by atoms with E-state index in [1.165, 1.54) is 4.90 Å². The highest BCUT2D eigenvalue weighted by Gasteiger charge is 2.31. The number of ether oxygens (including phenoxy) is 1. The Hall–Kier alpha value is -5.91. The second-order valence-corrected chi connectivity index (χ2v) is 14.6. The van der Waals surface area contributed by atoms with Crippen molar-refractivity contribution in [2.45, 2.75) is 37.8 Å². The van der Waals surface area contributed by atoms with Crippen LogP contribution >= 0.6 is 23.2 Å². The average Bonchev–Trinajstić information content (AvgIpc) is 3.54. The molecular formula is C44H44Cl2N6O5. The molecule has 1 aliphatic rings. The second-order valence-electron chi connectivity index (χ2n) is 13.8. The van der Waals surface area contributed by atoms with Crippen LogP contribution < -0.4 is 21.7 Å². The van der Waals surface area contributed by atoms with E-state index in [2.05, 4.69) is 33.1 Å². The maximum absolute atomic E-state index is 14.4. The topological polar surface area (TPSA) is 155 Å². The summed E-state index contributed by atoms with van der Waals surface area (Å²) in [5.41, 5.74) is 11.2. The molecule has 0 fully saturated rings. The lowest BCUT2D eigenvalue weighted by atomic mass is 9.98. The molecule has 5 N–H and O–H groups in total. The van der Waals surface area contributed by atoms with Gasteiger partial charge in [0, 0.05) is 54.6 Å². The Bertz CT molecular complexity index is 2230. The van der Waals surface area contributed by atoms with Crippen LogP contribution in [0.3, 0.4) is 0 Å². The first kappa shape index (κ1) is 40.7. The summed E-state index contributed by atoms with van der Waals surface area (Å²) in [7, 11) is 1.56. The number of alkyl carbamates (subject to hydrolysis) is 1. The van der Waals surface area contributed by atoms with Gasteiger partial charge in [0.05, 0.1) is 6.54 Å². The summed E-state index contributed by atoms with van der Waals surface area (Å²) >= 11 is 12.6. The average molecular weight is 808 g/mol. The molecule has 0 spiro atoms. The molecule has 6 rings (SSSR count). The predicted molar refractivity (Wildman–Crippen MR) is 225 cm³/mol. The molecular weight excluding hydrogens is 763 g/mol. The lowest BCUT2D eigenvalue weighted by Gasteiger charge is -2.28. The van der Waals surface area contributed by atoms with Crippen molar-refractivity contribution in [1.29, 1.82) is 0 Å². The van der Waals surface area contributed by atoms with Crippen LogP contribution in [0.2, 0.25) is 10.0 Å². The summed E-state index contributed by atoms with van der Waals surface area (Å²) < 4.78 is 5.82. The van der Waals surface area contributed by atoms with Gasteiger partial charge in [-0.3, -0.25) is 19.4 Å². The number of hydrogen-bond donors (Lipinski definition) is 4. The summed E-state index contributed by atoms with van der Waals surface area (Å²) in [6.45, 7) is 0.259. The number of aliphatic imine (C=N–C) groups is 1. The first-order chi connectivity index (χ1) is 27.6. The van der Waals surface area contributed by atoms with Gasteiger partial charge >= 0.3 is 6.09 Å². The molecule has 0 aliphatic heterocycles. The minimum atomic E-state index is -1.03. The van der Waals surface area contributed by atoms with Gasteiger partial charge in [-0.15, -0.1) is 0 Å². The molecule has 0 saturated carbocycles. The normalized spacial score (nSPS) is 12.6. The minimum absolute atomic E-state index is 0.00972. The van der Waals surface area contributed by atoms with Crippen LogP contribution in [0, 0.1) is 0 Å². The molecule has 1 unspecified atom stereocenters. The summed E-state index contributed by atoms with van der Waals surface area (Å²) in [5, 5.41) is 11.1. The quantitative estimate of drug-likeness (QED) is 0.0472. The molecule has 0 aromatic heterocycles. The van der Waals surface area contributed by atoms with Crippen molar-refractivity contribution in [2.75, 3.05) is 33.3 Å². The number of Topliss-reactive ketones (excluding diaryl/α,β-unsaturated/α-hetero) is 1. The Morgan fingerprint density at radius 3 is 2.16 bits per heavy atom. The largest absolute Gasteiger partial charge is 0.449 e. The maximum Gasteiger partial charge on any atom is 0.407 e. The number of benzene rings is 5. The number of nitrogens with zero attached hydrogens (tertiary/aromatic N) is 2. The fraction of sp³-hybridized carbons (Fsp3) is 0.250. The number of hydrogen-bond acceptors (Lipinski definition) is 6. The highest BCUT2D eigenvalue weighted by Crippen LogP contribution is 2.44. The molecule has 1 atom stereocenters. The van der Waals surface area contributed by atoms with E-state index in [1.807, 2.05) is 66.7 Å². The number of nitrogens with two attached hydrogens (primary N) is 1. The highest BCUT2D eigenvalue weighted by atomic mass is 35.5. The molecule has 13 heteroatoms. The number of fused-ring (bicyclic) bond motifs is 4. The van der Waals surface area contributed by atoms with Crippen molar-refractivity contribution in [2.24, 2.45) is 10.7 Å². The molecule has 1 aliphatic carbocycles. The smallest absolute Gasteiger partial charge is 0.407 e. The van der Waals surface area contributed by atoms with Crippen LogP contribution in [0.4, 0.5) is 4.79 Å². The fourth-order valence-electron chi connectivity index (χ4n) is 7.01. The van der Waals surface area contributed by atoms with Crippen molar-refractivity contribution in [3.05, 3.63) is 141 Å². The van der Waals surface area contributed by atoms with Gasteiger partial charge in [-0.2, -0.15) is 0 Å². The highest BCUT2D eigenvalue weighted by molar-refractivity contribution is 6.34. The third-order valence-corrected chi connectivity index (χ3v) is 10.3. The van der Waals surface area contributed by atoms with Crippen molar-refractivity contribution < 1.29 is 23.9 Å². The Kier molecular flexibility index (Phi) is 13.8. The fourth-order valence-corrected chi connectivity index (χ4v) is 7.58. The Morgan fingerprint density at radius 2 is 1.47 bits per heavy atom. The Morgan fingerprint density at radius 1 is 0.825 bits per heavy atom. The Balaban J connectivity index is 1.15. The van der Waals surface area contributed by atoms with Crippen LogP contribution in [0.25, 0.3) is 21.9 Å². The van der Waals surface area contributed by atoms with E-state index in [0.717, 1.165) is 33.0 Å². The number of ketones is 1. The molecule has 0 radical (unpaired) electrons. The Labute approximate surface area is 341 Å². The monoisotopic (exact) mass is 806 g/mol. The van der Waals surface area contributed by atoms with E-state index in [1.54, 1.807) is 37.4 Å². The number of nitrogens with one attached hydrogen (secondary N) is 3. The van der Waals surface area contributed by atoms with E-state index in [-0.39, 0.29) is 62.7 Å². The lowest BCUT2D eigenvalue weighted by Crippen LogP contribution is -2.49. The summed E-state index contributed by atoms with van der Waals surface area (Å²) in [6.07, 6.45) is -0.167. The number of rotatable bonds is 16. The van der Waals surface area contributed by atoms with E-state index >= 15 is 0 Å². The molecule has 57 heavy (non-hydrogen) atoms. The predicted octanol–water partition coefficient (Wildman–Crippen LogP) is 7.09. The molecule has 294 valence electrons. The molecule has 0 heterocycles. The molecule has 3 amide bonds.